The van der Waals surface area contributed by atoms with Gasteiger partial charge in [-0.2, -0.15) is 0 Å². The molecule has 0 fully saturated rings. The molecule has 0 amide bonds. The van der Waals surface area contributed by atoms with Crippen LogP contribution >= 0.6 is 31.9 Å². The average molecular weight is 382 g/mol. The SMILES string of the molecule is Cc1cccc(CCC(Br)Cc2ccc(Br)cc2)c1. The Hall–Kier alpha value is -0.600. The number of alkyl halides is 1. The van der Waals surface area contributed by atoms with Crippen molar-refractivity contribution in [3.8, 4) is 0 Å². The summed E-state index contributed by atoms with van der Waals surface area (Å²) in [6, 6.07) is 17.4. The molecule has 0 heterocycles. The molecule has 2 rings (SSSR count). The Balaban J connectivity index is 1.84. The Kier molecular flexibility index (Phi) is 5.65. The molecule has 0 saturated carbocycles. The van der Waals surface area contributed by atoms with Crippen LogP contribution in [0, 0.1) is 6.92 Å². The molecule has 0 aliphatic rings. The molecule has 100 valence electrons. The Labute approximate surface area is 132 Å². The van der Waals surface area contributed by atoms with Crippen LogP contribution in [0.25, 0.3) is 0 Å². The van der Waals surface area contributed by atoms with Gasteiger partial charge in [-0.1, -0.05) is 73.8 Å². The van der Waals surface area contributed by atoms with Crippen LogP contribution in [-0.2, 0) is 12.8 Å². The fourth-order valence-corrected chi connectivity index (χ4v) is 3.04. The summed E-state index contributed by atoms with van der Waals surface area (Å²) in [5.74, 6) is 0. The summed E-state index contributed by atoms with van der Waals surface area (Å²) < 4.78 is 1.14. The standard InChI is InChI=1S/C17H18Br2/c1-13-3-2-4-14(11-13)7-10-17(19)12-15-5-8-16(18)9-6-15/h2-6,8-9,11,17H,7,10,12H2,1H3. The van der Waals surface area contributed by atoms with Crippen molar-refractivity contribution in [3.05, 3.63) is 69.7 Å². The van der Waals surface area contributed by atoms with E-state index < -0.39 is 0 Å². The summed E-state index contributed by atoms with van der Waals surface area (Å²) in [6.07, 6.45) is 3.38. The minimum atomic E-state index is 0.536. The largest absolute Gasteiger partial charge is 0.0887 e. The molecule has 2 heteroatoms. The zero-order valence-electron chi connectivity index (χ0n) is 11.1. The molecule has 0 aliphatic heterocycles. The highest BCUT2D eigenvalue weighted by molar-refractivity contribution is 9.10. The minimum absolute atomic E-state index is 0.536. The number of benzene rings is 2. The van der Waals surface area contributed by atoms with Crippen LogP contribution in [0.2, 0.25) is 0 Å². The summed E-state index contributed by atoms with van der Waals surface area (Å²) in [4.78, 5) is 0.536. The predicted octanol–water partition coefficient (Wildman–Crippen LogP) is 5.70. The topological polar surface area (TPSA) is 0 Å². The van der Waals surface area contributed by atoms with Crippen LogP contribution in [-0.4, -0.2) is 4.83 Å². The van der Waals surface area contributed by atoms with Gasteiger partial charge in [-0.15, -0.1) is 0 Å². The molecular weight excluding hydrogens is 364 g/mol. The van der Waals surface area contributed by atoms with Gasteiger partial charge in [-0.3, -0.25) is 0 Å². The van der Waals surface area contributed by atoms with Crippen molar-refractivity contribution in [2.45, 2.75) is 31.0 Å². The summed E-state index contributed by atoms with van der Waals surface area (Å²) >= 11 is 7.27. The predicted molar refractivity (Wildman–Crippen MR) is 90.1 cm³/mol. The van der Waals surface area contributed by atoms with Crippen molar-refractivity contribution in [2.75, 3.05) is 0 Å². The maximum atomic E-state index is 3.80. The van der Waals surface area contributed by atoms with E-state index >= 15 is 0 Å². The molecule has 1 atom stereocenters. The molecule has 0 aliphatic carbocycles. The third kappa shape index (κ3) is 5.12. The maximum Gasteiger partial charge on any atom is 0.0189 e. The van der Waals surface area contributed by atoms with E-state index in [1.54, 1.807) is 0 Å². The molecule has 2 aromatic rings. The van der Waals surface area contributed by atoms with Gasteiger partial charge in [0.15, 0.2) is 0 Å². The molecule has 0 bridgehead atoms. The molecule has 0 saturated heterocycles. The molecule has 0 spiro atoms. The second-order valence-corrected chi connectivity index (χ2v) is 7.17. The molecular formula is C17H18Br2. The van der Waals surface area contributed by atoms with Gasteiger partial charge in [0.2, 0.25) is 0 Å². The van der Waals surface area contributed by atoms with E-state index in [9.17, 15) is 0 Å². The van der Waals surface area contributed by atoms with Gasteiger partial charge in [0, 0.05) is 9.30 Å². The third-order valence-corrected chi connectivity index (χ3v) is 4.51. The van der Waals surface area contributed by atoms with E-state index in [0.717, 1.165) is 17.3 Å². The van der Waals surface area contributed by atoms with Gasteiger partial charge in [0.25, 0.3) is 0 Å². The van der Waals surface area contributed by atoms with Crippen LogP contribution in [0.4, 0.5) is 0 Å². The summed E-state index contributed by atoms with van der Waals surface area (Å²) in [5, 5.41) is 0. The van der Waals surface area contributed by atoms with Crippen LogP contribution in [0.3, 0.4) is 0 Å². The quantitative estimate of drug-likeness (QED) is 0.583. The molecule has 19 heavy (non-hydrogen) atoms. The first-order valence-electron chi connectivity index (χ1n) is 6.57. The van der Waals surface area contributed by atoms with E-state index in [0.29, 0.717) is 4.83 Å². The van der Waals surface area contributed by atoms with E-state index in [2.05, 4.69) is 87.3 Å². The lowest BCUT2D eigenvalue weighted by Gasteiger charge is -2.10. The van der Waals surface area contributed by atoms with Crippen molar-refractivity contribution in [2.24, 2.45) is 0 Å². The number of rotatable bonds is 5. The van der Waals surface area contributed by atoms with Gasteiger partial charge in [0.05, 0.1) is 0 Å². The molecule has 0 aromatic heterocycles. The first-order chi connectivity index (χ1) is 9.13. The van der Waals surface area contributed by atoms with Crippen molar-refractivity contribution >= 4 is 31.9 Å². The number of aryl methyl sites for hydroxylation is 2. The summed E-state index contributed by atoms with van der Waals surface area (Å²) in [5.41, 5.74) is 4.16. The summed E-state index contributed by atoms with van der Waals surface area (Å²) in [7, 11) is 0. The van der Waals surface area contributed by atoms with E-state index in [4.69, 9.17) is 0 Å². The molecule has 2 aromatic carbocycles. The highest BCUT2D eigenvalue weighted by Crippen LogP contribution is 2.18. The number of halogens is 2. The number of hydrogen-bond acceptors (Lipinski definition) is 0. The van der Waals surface area contributed by atoms with Crippen LogP contribution in [0.15, 0.2) is 53.0 Å². The zero-order chi connectivity index (χ0) is 13.7. The third-order valence-electron chi connectivity index (χ3n) is 3.20. The lowest BCUT2D eigenvalue weighted by molar-refractivity contribution is 0.763. The normalized spacial score (nSPS) is 12.4. The number of hydrogen-bond donors (Lipinski definition) is 0. The lowest BCUT2D eigenvalue weighted by Crippen LogP contribution is -2.04. The van der Waals surface area contributed by atoms with Gasteiger partial charge in [-0.25, -0.2) is 0 Å². The Bertz CT molecular complexity index is 517. The fraction of sp³-hybridized carbons (Fsp3) is 0.294. The Morgan fingerprint density at radius 1 is 1.00 bits per heavy atom. The Morgan fingerprint density at radius 3 is 2.42 bits per heavy atom. The zero-order valence-corrected chi connectivity index (χ0v) is 14.2. The highest BCUT2D eigenvalue weighted by Gasteiger charge is 2.06. The lowest BCUT2D eigenvalue weighted by atomic mass is 10.0. The van der Waals surface area contributed by atoms with Gasteiger partial charge in [0.1, 0.15) is 0 Å². The van der Waals surface area contributed by atoms with Crippen LogP contribution in [0.5, 0.6) is 0 Å². The monoisotopic (exact) mass is 380 g/mol. The first kappa shape index (κ1) is 14.8. The molecule has 0 N–H and O–H groups in total. The molecule has 0 radical (unpaired) electrons. The smallest absolute Gasteiger partial charge is 0.0189 e. The first-order valence-corrected chi connectivity index (χ1v) is 8.28. The van der Waals surface area contributed by atoms with Crippen molar-refractivity contribution in [1.29, 1.82) is 0 Å². The van der Waals surface area contributed by atoms with Crippen LogP contribution in [0.1, 0.15) is 23.1 Å². The van der Waals surface area contributed by atoms with Crippen molar-refractivity contribution in [1.82, 2.24) is 0 Å². The minimum Gasteiger partial charge on any atom is -0.0887 e. The highest BCUT2D eigenvalue weighted by atomic mass is 79.9. The maximum absolute atomic E-state index is 3.80. The second-order valence-electron chi connectivity index (χ2n) is 4.96. The average Bonchev–Trinajstić information content (AvgIpc) is 2.39. The van der Waals surface area contributed by atoms with Crippen molar-refractivity contribution < 1.29 is 0 Å². The van der Waals surface area contributed by atoms with Gasteiger partial charge < -0.3 is 0 Å². The second kappa shape index (κ2) is 7.25. The molecule has 0 nitrogen and oxygen atoms in total. The van der Waals surface area contributed by atoms with E-state index in [1.165, 1.54) is 23.1 Å². The summed E-state index contributed by atoms with van der Waals surface area (Å²) in [6.45, 7) is 2.15. The Morgan fingerprint density at radius 2 is 1.74 bits per heavy atom. The van der Waals surface area contributed by atoms with E-state index in [-0.39, 0.29) is 0 Å². The molecule has 1 unspecified atom stereocenters. The van der Waals surface area contributed by atoms with E-state index in [1.807, 2.05) is 0 Å². The van der Waals surface area contributed by atoms with Gasteiger partial charge >= 0.3 is 0 Å². The van der Waals surface area contributed by atoms with Crippen LogP contribution < -0.4 is 0 Å². The fourth-order valence-electron chi connectivity index (χ4n) is 2.17. The van der Waals surface area contributed by atoms with Crippen molar-refractivity contribution in [3.63, 3.8) is 0 Å². The van der Waals surface area contributed by atoms with Gasteiger partial charge in [-0.05, 0) is 49.4 Å².